The van der Waals surface area contributed by atoms with E-state index < -0.39 is 0 Å². The molecule has 0 N–H and O–H groups in total. The molecule has 0 bridgehead atoms. The van der Waals surface area contributed by atoms with Crippen LogP contribution in [0.3, 0.4) is 0 Å². The molecule has 1 heterocycles. The number of carbonyl (C=O) groups excluding carboxylic acids is 1. The third-order valence-corrected chi connectivity index (χ3v) is 7.72. The molecule has 0 aliphatic carbocycles. The summed E-state index contributed by atoms with van der Waals surface area (Å²) in [5.41, 5.74) is 4.41. The minimum absolute atomic E-state index is 0.00687. The van der Waals surface area contributed by atoms with Crippen molar-refractivity contribution in [1.82, 2.24) is 14.8 Å². The fourth-order valence-electron chi connectivity index (χ4n) is 4.76. The molecule has 0 spiro atoms. The molecular formula is C32H37N3O2S. The zero-order chi connectivity index (χ0) is 26.7. The largest absolute Gasteiger partial charge is 0.497 e. The fraction of sp³-hybridized carbons (Fsp3) is 0.312. The molecular weight excluding hydrogens is 490 g/mol. The SMILES string of the molecule is CCN(CC)C(=O)c1csc(CN(CCC(c2ccccc2)c2ccccc2)Cc2ccc(OC)cc2)n1. The lowest BCUT2D eigenvalue weighted by Gasteiger charge is -2.25. The quantitative estimate of drug-likeness (QED) is 0.191. The average molecular weight is 528 g/mol. The Kier molecular flexibility index (Phi) is 10.1. The fourth-order valence-corrected chi connectivity index (χ4v) is 5.57. The van der Waals surface area contributed by atoms with E-state index in [0.717, 1.165) is 30.3 Å². The normalized spacial score (nSPS) is 11.2. The zero-order valence-corrected chi connectivity index (χ0v) is 23.4. The maximum Gasteiger partial charge on any atom is 0.273 e. The smallest absolute Gasteiger partial charge is 0.273 e. The van der Waals surface area contributed by atoms with E-state index in [0.29, 0.717) is 31.2 Å². The lowest BCUT2D eigenvalue weighted by Crippen LogP contribution is -2.30. The van der Waals surface area contributed by atoms with E-state index in [1.165, 1.54) is 16.7 Å². The first-order valence-electron chi connectivity index (χ1n) is 13.3. The van der Waals surface area contributed by atoms with Gasteiger partial charge in [-0.3, -0.25) is 9.69 Å². The molecule has 4 rings (SSSR count). The van der Waals surface area contributed by atoms with Gasteiger partial charge in [0.25, 0.3) is 5.91 Å². The van der Waals surface area contributed by atoms with Crippen LogP contribution in [-0.4, -0.2) is 47.4 Å². The number of methoxy groups -OCH3 is 1. The predicted octanol–water partition coefficient (Wildman–Crippen LogP) is 6.86. The number of rotatable bonds is 13. The van der Waals surface area contributed by atoms with Crippen molar-refractivity contribution >= 4 is 17.2 Å². The van der Waals surface area contributed by atoms with Gasteiger partial charge in [-0.1, -0.05) is 72.8 Å². The Hall–Kier alpha value is -3.48. The van der Waals surface area contributed by atoms with E-state index in [4.69, 9.17) is 9.72 Å². The van der Waals surface area contributed by atoms with Gasteiger partial charge in [0.15, 0.2) is 0 Å². The van der Waals surface area contributed by atoms with Gasteiger partial charge in [-0.2, -0.15) is 0 Å². The van der Waals surface area contributed by atoms with Gasteiger partial charge in [0.05, 0.1) is 13.7 Å². The highest BCUT2D eigenvalue weighted by atomic mass is 32.1. The molecule has 0 aliphatic heterocycles. The number of hydrogen-bond acceptors (Lipinski definition) is 5. The topological polar surface area (TPSA) is 45.7 Å². The summed E-state index contributed by atoms with van der Waals surface area (Å²) in [5.74, 6) is 1.16. The minimum atomic E-state index is 0.00687. The lowest BCUT2D eigenvalue weighted by molar-refractivity contribution is 0.0767. The van der Waals surface area contributed by atoms with Crippen molar-refractivity contribution in [2.75, 3.05) is 26.7 Å². The van der Waals surface area contributed by atoms with Crippen LogP contribution in [0.15, 0.2) is 90.3 Å². The number of aromatic nitrogens is 1. The predicted molar refractivity (Wildman–Crippen MR) is 156 cm³/mol. The Morgan fingerprint density at radius 2 is 1.47 bits per heavy atom. The van der Waals surface area contributed by atoms with Crippen molar-refractivity contribution in [3.8, 4) is 5.75 Å². The monoisotopic (exact) mass is 527 g/mol. The van der Waals surface area contributed by atoms with Gasteiger partial charge < -0.3 is 9.64 Å². The van der Waals surface area contributed by atoms with E-state index in [2.05, 4.69) is 77.7 Å². The molecule has 5 nitrogen and oxygen atoms in total. The summed E-state index contributed by atoms with van der Waals surface area (Å²) in [5, 5.41) is 2.86. The number of ether oxygens (including phenoxy) is 1. The standard InChI is InChI=1S/C32H37N3O2S/c1-4-35(5-2)32(36)30-24-38-31(33-30)23-34(22-25-16-18-28(37-3)19-17-25)21-20-29(26-12-8-6-9-13-26)27-14-10-7-11-15-27/h6-19,24,29H,4-5,20-23H2,1-3H3. The van der Waals surface area contributed by atoms with Crippen LogP contribution >= 0.6 is 11.3 Å². The number of benzene rings is 3. The van der Waals surface area contributed by atoms with E-state index >= 15 is 0 Å². The Morgan fingerprint density at radius 1 is 0.868 bits per heavy atom. The van der Waals surface area contributed by atoms with Crippen LogP contribution in [0, 0.1) is 0 Å². The van der Waals surface area contributed by atoms with Crippen LogP contribution in [0.1, 0.15) is 58.4 Å². The van der Waals surface area contributed by atoms with E-state index in [9.17, 15) is 4.79 Å². The number of carbonyl (C=O) groups is 1. The third-order valence-electron chi connectivity index (χ3n) is 6.88. The van der Waals surface area contributed by atoms with Crippen LogP contribution in [0.4, 0.5) is 0 Å². The Morgan fingerprint density at radius 3 is 2.03 bits per heavy atom. The minimum Gasteiger partial charge on any atom is -0.497 e. The summed E-state index contributed by atoms with van der Waals surface area (Å²) >= 11 is 1.57. The van der Waals surface area contributed by atoms with Gasteiger partial charge >= 0.3 is 0 Å². The molecule has 4 aromatic rings. The first-order valence-corrected chi connectivity index (χ1v) is 14.2. The molecule has 1 amide bonds. The van der Waals surface area contributed by atoms with Crippen LogP contribution in [0.5, 0.6) is 5.75 Å². The molecule has 0 radical (unpaired) electrons. The molecule has 0 atom stereocenters. The second kappa shape index (κ2) is 13.9. The highest BCUT2D eigenvalue weighted by Gasteiger charge is 2.20. The second-order valence-electron chi connectivity index (χ2n) is 9.33. The Labute approximate surface area is 230 Å². The van der Waals surface area contributed by atoms with Gasteiger partial charge in [0, 0.05) is 30.9 Å². The zero-order valence-electron chi connectivity index (χ0n) is 22.5. The molecule has 1 aromatic heterocycles. The Bertz CT molecular complexity index is 1220. The van der Waals surface area contributed by atoms with Gasteiger partial charge in [-0.25, -0.2) is 4.98 Å². The molecule has 198 valence electrons. The molecule has 0 saturated carbocycles. The van der Waals surface area contributed by atoms with Crippen molar-refractivity contribution in [1.29, 1.82) is 0 Å². The summed E-state index contributed by atoms with van der Waals surface area (Å²) in [6, 6.07) is 29.7. The maximum atomic E-state index is 12.8. The molecule has 38 heavy (non-hydrogen) atoms. The number of amides is 1. The molecule has 0 fully saturated rings. The van der Waals surface area contributed by atoms with Gasteiger partial charge in [-0.15, -0.1) is 11.3 Å². The second-order valence-corrected chi connectivity index (χ2v) is 10.3. The third kappa shape index (κ3) is 7.30. The highest BCUT2D eigenvalue weighted by molar-refractivity contribution is 7.09. The first kappa shape index (κ1) is 27.6. The van der Waals surface area contributed by atoms with Gasteiger partial charge in [0.2, 0.25) is 0 Å². The molecule has 0 saturated heterocycles. The van der Waals surface area contributed by atoms with Crippen LogP contribution < -0.4 is 4.74 Å². The van der Waals surface area contributed by atoms with Crippen molar-refractivity contribution in [2.45, 2.75) is 39.3 Å². The highest BCUT2D eigenvalue weighted by Crippen LogP contribution is 2.29. The summed E-state index contributed by atoms with van der Waals surface area (Å²) in [6.07, 6.45) is 0.973. The number of hydrogen-bond donors (Lipinski definition) is 0. The summed E-state index contributed by atoms with van der Waals surface area (Å²) < 4.78 is 5.35. The molecule has 0 aliphatic rings. The Balaban J connectivity index is 1.55. The van der Waals surface area contributed by atoms with Crippen molar-refractivity contribution in [3.63, 3.8) is 0 Å². The van der Waals surface area contributed by atoms with E-state index in [1.54, 1.807) is 18.4 Å². The van der Waals surface area contributed by atoms with Gasteiger partial charge in [0.1, 0.15) is 16.5 Å². The summed E-state index contributed by atoms with van der Waals surface area (Å²) in [4.78, 5) is 21.8. The number of thiazole rings is 1. The number of nitrogens with zero attached hydrogens (tertiary/aromatic N) is 3. The first-order chi connectivity index (χ1) is 18.6. The maximum absolute atomic E-state index is 12.8. The van der Waals surface area contributed by atoms with E-state index in [-0.39, 0.29) is 5.91 Å². The molecule has 6 heteroatoms. The van der Waals surface area contributed by atoms with E-state index in [1.807, 2.05) is 36.3 Å². The van der Waals surface area contributed by atoms with Crippen LogP contribution in [-0.2, 0) is 13.1 Å². The molecule has 0 unspecified atom stereocenters. The van der Waals surface area contributed by atoms with Crippen LogP contribution in [0.25, 0.3) is 0 Å². The van der Waals surface area contributed by atoms with Crippen LogP contribution in [0.2, 0.25) is 0 Å². The van der Waals surface area contributed by atoms with Gasteiger partial charge in [-0.05, 0) is 55.6 Å². The average Bonchev–Trinajstić information content (AvgIpc) is 3.44. The summed E-state index contributed by atoms with van der Waals surface area (Å²) in [6.45, 7) is 7.75. The van der Waals surface area contributed by atoms with Crippen molar-refractivity contribution < 1.29 is 9.53 Å². The molecule has 3 aromatic carbocycles. The summed E-state index contributed by atoms with van der Waals surface area (Å²) in [7, 11) is 1.69. The lowest BCUT2D eigenvalue weighted by atomic mass is 9.88. The van der Waals surface area contributed by atoms with Crippen molar-refractivity contribution in [3.05, 3.63) is 118 Å². The van der Waals surface area contributed by atoms with Crippen molar-refractivity contribution in [2.24, 2.45) is 0 Å².